The Morgan fingerprint density at radius 1 is 1.39 bits per heavy atom. The van der Waals surface area contributed by atoms with Crippen LogP contribution >= 0.6 is 15.9 Å². The minimum absolute atomic E-state index is 0.582. The zero-order valence-corrected chi connectivity index (χ0v) is 12.8. The van der Waals surface area contributed by atoms with Crippen LogP contribution < -0.4 is 10.6 Å². The Labute approximate surface area is 118 Å². The largest absolute Gasteiger partial charge is 0.368 e. The third-order valence-electron chi connectivity index (χ3n) is 3.81. The zero-order valence-electron chi connectivity index (χ0n) is 11.2. The van der Waals surface area contributed by atoms with Crippen LogP contribution in [0.15, 0.2) is 22.7 Å². The van der Waals surface area contributed by atoms with Gasteiger partial charge in [0.25, 0.3) is 0 Å². The van der Waals surface area contributed by atoms with Gasteiger partial charge in [0.2, 0.25) is 0 Å². The van der Waals surface area contributed by atoms with Crippen molar-refractivity contribution in [3.63, 3.8) is 0 Å². The van der Waals surface area contributed by atoms with Gasteiger partial charge in [-0.1, -0.05) is 28.9 Å². The molecule has 100 valence electrons. The number of benzene rings is 1. The molecule has 18 heavy (non-hydrogen) atoms. The van der Waals surface area contributed by atoms with Crippen LogP contribution in [0.5, 0.6) is 0 Å². The zero-order chi connectivity index (χ0) is 13.1. The van der Waals surface area contributed by atoms with Crippen LogP contribution in [0.2, 0.25) is 0 Å². The van der Waals surface area contributed by atoms with Gasteiger partial charge in [-0.05, 0) is 25.6 Å². The molecule has 0 saturated carbocycles. The number of halogens is 1. The highest BCUT2D eigenvalue weighted by molar-refractivity contribution is 9.10. The second-order valence-electron chi connectivity index (χ2n) is 4.87. The molecule has 0 radical (unpaired) electrons. The van der Waals surface area contributed by atoms with Gasteiger partial charge in [0.05, 0.1) is 0 Å². The molecule has 0 aromatic heterocycles. The van der Waals surface area contributed by atoms with Crippen LogP contribution in [0.25, 0.3) is 0 Å². The number of nitrogens with zero attached hydrogens (tertiary/aromatic N) is 2. The van der Waals surface area contributed by atoms with Crippen molar-refractivity contribution in [1.82, 2.24) is 4.90 Å². The predicted molar refractivity (Wildman–Crippen MR) is 81.0 cm³/mol. The Kier molecular flexibility index (Phi) is 4.65. The third-order valence-corrected chi connectivity index (χ3v) is 4.55. The SMILES string of the molecule is CCN1CCN(c2cccc(Br)c2CN)CC1C. The quantitative estimate of drug-likeness (QED) is 0.930. The number of hydrogen-bond acceptors (Lipinski definition) is 3. The maximum absolute atomic E-state index is 5.88. The van der Waals surface area contributed by atoms with Crippen molar-refractivity contribution in [2.45, 2.75) is 26.4 Å². The molecule has 1 fully saturated rings. The minimum atomic E-state index is 0.582. The standard InChI is InChI=1S/C14H22BrN3/c1-3-17-7-8-18(10-11(17)2)14-6-4-5-13(15)12(14)9-16/h4-6,11H,3,7-10,16H2,1-2H3. The summed E-state index contributed by atoms with van der Waals surface area (Å²) in [7, 11) is 0. The van der Waals surface area contributed by atoms with Gasteiger partial charge in [-0.15, -0.1) is 0 Å². The smallest absolute Gasteiger partial charge is 0.0424 e. The fourth-order valence-electron chi connectivity index (χ4n) is 2.73. The summed E-state index contributed by atoms with van der Waals surface area (Å²) in [4.78, 5) is 4.99. The number of likely N-dealkylation sites (N-methyl/N-ethyl adjacent to an activating group) is 1. The van der Waals surface area contributed by atoms with E-state index in [9.17, 15) is 0 Å². The van der Waals surface area contributed by atoms with E-state index in [4.69, 9.17) is 5.73 Å². The van der Waals surface area contributed by atoms with Crippen molar-refractivity contribution >= 4 is 21.6 Å². The van der Waals surface area contributed by atoms with Crippen LogP contribution in [-0.2, 0) is 6.54 Å². The Bertz CT molecular complexity index is 408. The molecule has 1 unspecified atom stereocenters. The Morgan fingerprint density at radius 3 is 2.78 bits per heavy atom. The number of piperazine rings is 1. The fourth-order valence-corrected chi connectivity index (χ4v) is 3.25. The molecule has 1 saturated heterocycles. The Morgan fingerprint density at radius 2 is 2.17 bits per heavy atom. The first-order valence-corrected chi connectivity index (χ1v) is 7.43. The lowest BCUT2D eigenvalue weighted by Crippen LogP contribution is -2.52. The lowest BCUT2D eigenvalue weighted by atomic mass is 10.1. The van der Waals surface area contributed by atoms with Crippen LogP contribution in [0, 0.1) is 0 Å². The van der Waals surface area contributed by atoms with Gasteiger partial charge in [-0.25, -0.2) is 0 Å². The summed E-state index contributed by atoms with van der Waals surface area (Å²) in [5.74, 6) is 0. The number of hydrogen-bond donors (Lipinski definition) is 1. The third kappa shape index (κ3) is 2.71. The van der Waals surface area contributed by atoms with E-state index in [1.54, 1.807) is 0 Å². The molecule has 4 heteroatoms. The van der Waals surface area contributed by atoms with E-state index < -0.39 is 0 Å². The summed E-state index contributed by atoms with van der Waals surface area (Å²) in [6.07, 6.45) is 0. The van der Waals surface area contributed by atoms with E-state index in [0.29, 0.717) is 12.6 Å². The van der Waals surface area contributed by atoms with Crippen LogP contribution in [0.1, 0.15) is 19.4 Å². The van der Waals surface area contributed by atoms with Crippen molar-refractivity contribution in [3.05, 3.63) is 28.2 Å². The molecule has 0 amide bonds. The molecule has 1 aliphatic rings. The summed E-state index contributed by atoms with van der Waals surface area (Å²) < 4.78 is 1.12. The van der Waals surface area contributed by atoms with Gasteiger partial charge in [0.15, 0.2) is 0 Å². The van der Waals surface area contributed by atoms with Crippen LogP contribution in [-0.4, -0.2) is 37.1 Å². The fraction of sp³-hybridized carbons (Fsp3) is 0.571. The van der Waals surface area contributed by atoms with Gasteiger partial charge in [-0.3, -0.25) is 4.90 Å². The summed E-state index contributed by atoms with van der Waals surface area (Å²) >= 11 is 3.60. The van der Waals surface area contributed by atoms with Gasteiger partial charge < -0.3 is 10.6 Å². The first-order chi connectivity index (χ1) is 8.67. The summed E-state index contributed by atoms with van der Waals surface area (Å²) in [6.45, 7) is 9.55. The van der Waals surface area contributed by atoms with E-state index in [1.165, 1.54) is 11.3 Å². The van der Waals surface area contributed by atoms with Gasteiger partial charge >= 0.3 is 0 Å². The molecule has 0 bridgehead atoms. The maximum Gasteiger partial charge on any atom is 0.0424 e. The normalized spacial score (nSPS) is 21.3. The number of rotatable bonds is 3. The molecule has 0 spiro atoms. The van der Waals surface area contributed by atoms with Crippen molar-refractivity contribution in [3.8, 4) is 0 Å². The van der Waals surface area contributed by atoms with Crippen LogP contribution in [0.4, 0.5) is 5.69 Å². The topological polar surface area (TPSA) is 32.5 Å². The van der Waals surface area contributed by atoms with E-state index in [-0.39, 0.29) is 0 Å². The van der Waals surface area contributed by atoms with Crippen molar-refractivity contribution in [2.24, 2.45) is 5.73 Å². The number of nitrogens with two attached hydrogens (primary N) is 1. The summed E-state index contributed by atoms with van der Waals surface area (Å²) in [6, 6.07) is 6.95. The molecule has 1 aromatic rings. The minimum Gasteiger partial charge on any atom is -0.368 e. The van der Waals surface area contributed by atoms with Gasteiger partial charge in [0, 0.05) is 47.9 Å². The molecule has 0 aliphatic carbocycles. The van der Waals surface area contributed by atoms with Crippen molar-refractivity contribution in [1.29, 1.82) is 0 Å². The number of anilines is 1. The van der Waals surface area contributed by atoms with E-state index in [2.05, 4.69) is 57.8 Å². The summed E-state index contributed by atoms with van der Waals surface area (Å²) in [5.41, 5.74) is 8.38. The molecule has 2 rings (SSSR count). The molecular formula is C14H22BrN3. The van der Waals surface area contributed by atoms with Crippen molar-refractivity contribution in [2.75, 3.05) is 31.1 Å². The highest BCUT2D eigenvalue weighted by Gasteiger charge is 2.23. The molecular weight excluding hydrogens is 290 g/mol. The Hall–Kier alpha value is -0.580. The van der Waals surface area contributed by atoms with E-state index in [0.717, 1.165) is 30.7 Å². The second kappa shape index (κ2) is 6.04. The monoisotopic (exact) mass is 311 g/mol. The molecule has 2 N–H and O–H groups in total. The predicted octanol–water partition coefficient (Wildman–Crippen LogP) is 2.44. The van der Waals surface area contributed by atoms with Crippen molar-refractivity contribution < 1.29 is 0 Å². The molecule has 1 aliphatic heterocycles. The molecule has 1 atom stereocenters. The molecule has 1 aromatic carbocycles. The molecule has 1 heterocycles. The first kappa shape index (κ1) is 13.8. The van der Waals surface area contributed by atoms with E-state index >= 15 is 0 Å². The average Bonchev–Trinajstić information content (AvgIpc) is 2.38. The average molecular weight is 312 g/mol. The Balaban J connectivity index is 2.20. The van der Waals surface area contributed by atoms with Crippen LogP contribution in [0.3, 0.4) is 0 Å². The lowest BCUT2D eigenvalue weighted by Gasteiger charge is -2.41. The van der Waals surface area contributed by atoms with E-state index in [1.807, 2.05) is 0 Å². The van der Waals surface area contributed by atoms with Gasteiger partial charge in [-0.2, -0.15) is 0 Å². The highest BCUT2D eigenvalue weighted by atomic mass is 79.9. The summed E-state index contributed by atoms with van der Waals surface area (Å²) in [5, 5.41) is 0. The maximum atomic E-state index is 5.88. The highest BCUT2D eigenvalue weighted by Crippen LogP contribution is 2.29. The molecule has 3 nitrogen and oxygen atoms in total. The lowest BCUT2D eigenvalue weighted by molar-refractivity contribution is 0.199. The van der Waals surface area contributed by atoms with Gasteiger partial charge in [0.1, 0.15) is 0 Å². The second-order valence-corrected chi connectivity index (χ2v) is 5.72. The first-order valence-electron chi connectivity index (χ1n) is 6.63.